The Kier molecular flexibility index (Phi) is 6.15. The van der Waals surface area contributed by atoms with Crippen molar-refractivity contribution in [2.75, 3.05) is 26.1 Å². The molecule has 25 heavy (non-hydrogen) atoms. The molecule has 0 unspecified atom stereocenters. The minimum Gasteiger partial charge on any atom is -0.497 e. The molecule has 0 heterocycles. The third-order valence-electron chi connectivity index (χ3n) is 3.97. The van der Waals surface area contributed by atoms with E-state index in [4.69, 9.17) is 21.1 Å². The molecule has 0 saturated carbocycles. The van der Waals surface area contributed by atoms with E-state index in [1.807, 2.05) is 24.3 Å². The second-order valence-electron chi connectivity index (χ2n) is 6.26. The van der Waals surface area contributed by atoms with Crippen LogP contribution in [0, 0.1) is 0 Å². The molecule has 2 amide bonds. The van der Waals surface area contributed by atoms with Gasteiger partial charge in [-0.3, -0.25) is 0 Å². The van der Waals surface area contributed by atoms with E-state index < -0.39 is 0 Å². The van der Waals surface area contributed by atoms with Crippen molar-refractivity contribution in [1.82, 2.24) is 5.32 Å². The Hall–Kier alpha value is -2.40. The first-order chi connectivity index (χ1) is 11.9. The highest BCUT2D eigenvalue weighted by Crippen LogP contribution is 2.29. The molecule has 0 saturated heterocycles. The van der Waals surface area contributed by atoms with Crippen LogP contribution in [0.1, 0.15) is 19.4 Å². The average molecular weight is 363 g/mol. The molecule has 6 heteroatoms. The summed E-state index contributed by atoms with van der Waals surface area (Å²) < 4.78 is 10.4. The first-order valence-electron chi connectivity index (χ1n) is 7.88. The molecule has 0 fully saturated rings. The monoisotopic (exact) mass is 362 g/mol. The molecule has 0 aliphatic carbocycles. The smallest absolute Gasteiger partial charge is 0.319 e. The molecular formula is C19H23ClN2O3. The fourth-order valence-corrected chi connectivity index (χ4v) is 2.51. The number of methoxy groups -OCH3 is 2. The highest BCUT2D eigenvalue weighted by atomic mass is 35.5. The zero-order valence-corrected chi connectivity index (χ0v) is 15.6. The Bertz CT molecular complexity index is 730. The molecule has 2 aromatic carbocycles. The predicted octanol–water partition coefficient (Wildman–Crippen LogP) is 4.46. The van der Waals surface area contributed by atoms with Crippen LogP contribution in [0.5, 0.6) is 11.5 Å². The van der Waals surface area contributed by atoms with Crippen LogP contribution in [0.25, 0.3) is 0 Å². The molecule has 0 spiro atoms. The van der Waals surface area contributed by atoms with Crippen molar-refractivity contribution in [2.24, 2.45) is 0 Å². The van der Waals surface area contributed by atoms with Gasteiger partial charge in [-0.25, -0.2) is 4.79 Å². The molecule has 5 nitrogen and oxygen atoms in total. The molecule has 0 aromatic heterocycles. The number of urea groups is 1. The van der Waals surface area contributed by atoms with E-state index in [1.54, 1.807) is 32.4 Å². The first-order valence-corrected chi connectivity index (χ1v) is 8.26. The van der Waals surface area contributed by atoms with Gasteiger partial charge < -0.3 is 20.1 Å². The molecule has 0 aliphatic rings. The van der Waals surface area contributed by atoms with Crippen molar-refractivity contribution in [3.05, 3.63) is 53.1 Å². The molecule has 0 radical (unpaired) electrons. The van der Waals surface area contributed by atoms with E-state index in [0.717, 1.165) is 5.56 Å². The summed E-state index contributed by atoms with van der Waals surface area (Å²) in [5.74, 6) is 1.20. The van der Waals surface area contributed by atoms with Crippen molar-refractivity contribution < 1.29 is 14.3 Å². The number of benzene rings is 2. The van der Waals surface area contributed by atoms with Gasteiger partial charge in [-0.1, -0.05) is 37.6 Å². The maximum atomic E-state index is 12.3. The van der Waals surface area contributed by atoms with Gasteiger partial charge in [-0.2, -0.15) is 0 Å². The van der Waals surface area contributed by atoms with Crippen molar-refractivity contribution in [2.45, 2.75) is 19.3 Å². The number of halogens is 1. The van der Waals surface area contributed by atoms with Crippen LogP contribution < -0.4 is 20.1 Å². The Morgan fingerprint density at radius 1 is 1.08 bits per heavy atom. The second kappa shape index (κ2) is 8.12. The fraction of sp³-hybridized carbons (Fsp3) is 0.316. The number of ether oxygens (including phenoxy) is 2. The molecule has 0 atom stereocenters. The Morgan fingerprint density at radius 2 is 1.76 bits per heavy atom. The van der Waals surface area contributed by atoms with Crippen molar-refractivity contribution in [1.29, 1.82) is 0 Å². The van der Waals surface area contributed by atoms with Gasteiger partial charge in [0.15, 0.2) is 0 Å². The summed E-state index contributed by atoms with van der Waals surface area (Å²) >= 11 is 5.93. The van der Waals surface area contributed by atoms with Crippen LogP contribution in [0.15, 0.2) is 42.5 Å². The lowest BCUT2D eigenvalue weighted by Crippen LogP contribution is -2.39. The molecule has 0 aliphatic heterocycles. The summed E-state index contributed by atoms with van der Waals surface area (Å²) in [6.45, 7) is 4.58. The predicted molar refractivity (Wildman–Crippen MR) is 101 cm³/mol. The Morgan fingerprint density at radius 3 is 2.36 bits per heavy atom. The number of rotatable bonds is 6. The Labute approximate surface area is 153 Å². The number of anilines is 1. The summed E-state index contributed by atoms with van der Waals surface area (Å²) in [7, 11) is 3.12. The molecule has 2 aromatic rings. The van der Waals surface area contributed by atoms with Gasteiger partial charge in [0.05, 0.1) is 19.9 Å². The number of carbonyl (C=O) groups excluding carboxylic acids is 1. The van der Waals surface area contributed by atoms with Crippen LogP contribution in [-0.4, -0.2) is 26.8 Å². The standard InChI is InChI=1S/C19H23ClN2O3/c1-19(2,13-5-7-14(20)8-6-13)12-21-18(23)22-16-11-15(24-3)9-10-17(16)25-4/h5-11H,12H2,1-4H3,(H2,21,22,23). The number of carbonyl (C=O) groups is 1. The molecule has 134 valence electrons. The second-order valence-corrected chi connectivity index (χ2v) is 6.70. The number of amides is 2. The summed E-state index contributed by atoms with van der Waals surface area (Å²) in [5, 5.41) is 6.38. The molecular weight excluding hydrogens is 340 g/mol. The SMILES string of the molecule is COc1ccc(OC)c(NC(=O)NCC(C)(C)c2ccc(Cl)cc2)c1. The molecule has 0 bridgehead atoms. The van der Waals surface area contributed by atoms with Crippen molar-refractivity contribution >= 4 is 23.3 Å². The minimum absolute atomic E-state index is 0.236. The summed E-state index contributed by atoms with van der Waals surface area (Å²) in [5.41, 5.74) is 1.40. The van der Waals surface area contributed by atoms with E-state index >= 15 is 0 Å². The summed E-state index contributed by atoms with van der Waals surface area (Å²) in [6, 6.07) is 12.5. The van der Waals surface area contributed by atoms with Gasteiger partial charge in [0, 0.05) is 23.0 Å². The van der Waals surface area contributed by atoms with Crippen LogP contribution in [0.3, 0.4) is 0 Å². The van der Waals surface area contributed by atoms with E-state index in [0.29, 0.717) is 28.8 Å². The lowest BCUT2D eigenvalue weighted by molar-refractivity contribution is 0.249. The largest absolute Gasteiger partial charge is 0.497 e. The maximum Gasteiger partial charge on any atom is 0.319 e. The molecule has 2 N–H and O–H groups in total. The number of nitrogens with one attached hydrogen (secondary N) is 2. The molecule has 2 rings (SSSR count). The number of hydrogen-bond acceptors (Lipinski definition) is 3. The topological polar surface area (TPSA) is 59.6 Å². The third-order valence-corrected chi connectivity index (χ3v) is 4.22. The minimum atomic E-state index is -0.311. The van der Waals surface area contributed by atoms with E-state index in [9.17, 15) is 4.79 Å². The summed E-state index contributed by atoms with van der Waals surface area (Å²) in [6.07, 6.45) is 0. The van der Waals surface area contributed by atoms with Crippen LogP contribution in [0.2, 0.25) is 5.02 Å². The summed E-state index contributed by atoms with van der Waals surface area (Å²) in [4.78, 5) is 12.3. The zero-order valence-electron chi connectivity index (χ0n) is 14.9. The highest BCUT2D eigenvalue weighted by Gasteiger charge is 2.21. The average Bonchev–Trinajstić information content (AvgIpc) is 2.60. The fourth-order valence-electron chi connectivity index (χ4n) is 2.38. The first kappa shape index (κ1) is 18.9. The Balaban J connectivity index is 2.02. The van der Waals surface area contributed by atoms with E-state index in [2.05, 4.69) is 24.5 Å². The zero-order chi connectivity index (χ0) is 18.4. The van der Waals surface area contributed by atoms with Crippen molar-refractivity contribution in [3.63, 3.8) is 0 Å². The van der Waals surface area contributed by atoms with Gasteiger partial charge in [0.1, 0.15) is 11.5 Å². The van der Waals surface area contributed by atoms with Gasteiger partial charge in [0.25, 0.3) is 0 Å². The van der Waals surface area contributed by atoms with E-state index in [1.165, 1.54) is 0 Å². The number of hydrogen-bond donors (Lipinski definition) is 2. The van der Waals surface area contributed by atoms with Gasteiger partial charge in [-0.15, -0.1) is 0 Å². The van der Waals surface area contributed by atoms with Crippen LogP contribution in [-0.2, 0) is 5.41 Å². The van der Waals surface area contributed by atoms with Gasteiger partial charge in [0.2, 0.25) is 0 Å². The maximum absolute atomic E-state index is 12.3. The quantitative estimate of drug-likeness (QED) is 0.797. The van der Waals surface area contributed by atoms with Crippen LogP contribution in [0.4, 0.5) is 10.5 Å². The lowest BCUT2D eigenvalue weighted by Gasteiger charge is -2.26. The third kappa shape index (κ3) is 5.03. The highest BCUT2D eigenvalue weighted by molar-refractivity contribution is 6.30. The lowest BCUT2D eigenvalue weighted by atomic mass is 9.85. The van der Waals surface area contributed by atoms with E-state index in [-0.39, 0.29) is 11.4 Å². The normalized spacial score (nSPS) is 10.9. The van der Waals surface area contributed by atoms with Crippen LogP contribution >= 0.6 is 11.6 Å². The van der Waals surface area contributed by atoms with Gasteiger partial charge >= 0.3 is 6.03 Å². The van der Waals surface area contributed by atoms with Gasteiger partial charge in [-0.05, 0) is 29.8 Å². The van der Waals surface area contributed by atoms with Crippen molar-refractivity contribution in [3.8, 4) is 11.5 Å².